The van der Waals surface area contributed by atoms with Gasteiger partial charge in [-0.15, -0.1) is 6.58 Å². The molecule has 0 spiro atoms. The molecule has 0 saturated heterocycles. The predicted octanol–water partition coefficient (Wildman–Crippen LogP) is 4.29. The smallest absolute Gasteiger partial charge is 0.146 e. The molecule has 0 aliphatic rings. The highest BCUT2D eigenvalue weighted by Crippen LogP contribution is 2.15. The first kappa shape index (κ1) is 12.8. The van der Waals surface area contributed by atoms with Crippen LogP contribution in [0.15, 0.2) is 30.9 Å². The van der Waals surface area contributed by atoms with E-state index in [1.54, 1.807) is 6.07 Å². The number of hydrogen-bond acceptors (Lipinski definition) is 1. The molecule has 1 aromatic carbocycles. The molecule has 16 heavy (non-hydrogen) atoms. The average Bonchev–Trinajstić information content (AvgIpc) is 2.28. The van der Waals surface area contributed by atoms with E-state index in [-0.39, 0.29) is 5.82 Å². The van der Waals surface area contributed by atoms with Gasteiger partial charge in [0.1, 0.15) is 5.82 Å². The minimum atomic E-state index is -0.170. The number of anilines is 1. The number of halogens is 1. The molecule has 0 bridgehead atoms. The zero-order valence-corrected chi connectivity index (χ0v) is 9.93. The van der Waals surface area contributed by atoms with Crippen molar-refractivity contribution in [1.82, 2.24) is 0 Å². The van der Waals surface area contributed by atoms with Crippen molar-refractivity contribution in [3.63, 3.8) is 0 Å². The second kappa shape index (κ2) is 7.04. The molecular weight excluding hydrogens is 201 g/mol. The van der Waals surface area contributed by atoms with Gasteiger partial charge < -0.3 is 5.32 Å². The molecule has 0 amide bonds. The van der Waals surface area contributed by atoms with E-state index in [1.165, 1.54) is 12.5 Å². The predicted molar refractivity (Wildman–Crippen MR) is 68.3 cm³/mol. The topological polar surface area (TPSA) is 12.0 Å². The standard InChI is InChI=1S/C14H20FN/c1-3-4-5-6-7-10-16-14-11-12(2)8-9-13(14)15/h3,8-9,11,16H,1,4-7,10H2,2H3. The highest BCUT2D eigenvalue weighted by molar-refractivity contribution is 5.46. The molecule has 0 fully saturated rings. The minimum absolute atomic E-state index is 0.170. The lowest BCUT2D eigenvalue weighted by Crippen LogP contribution is -2.03. The number of nitrogens with one attached hydrogen (secondary N) is 1. The van der Waals surface area contributed by atoms with E-state index in [1.807, 2.05) is 19.1 Å². The van der Waals surface area contributed by atoms with E-state index in [0.717, 1.165) is 31.4 Å². The van der Waals surface area contributed by atoms with Gasteiger partial charge in [-0.25, -0.2) is 4.39 Å². The van der Waals surface area contributed by atoms with Crippen molar-refractivity contribution < 1.29 is 4.39 Å². The molecule has 0 heterocycles. The molecule has 0 aromatic heterocycles. The molecule has 1 nitrogen and oxygen atoms in total. The molecular formula is C14H20FN. The third-order valence-electron chi connectivity index (χ3n) is 2.52. The molecule has 1 rings (SSSR count). The van der Waals surface area contributed by atoms with Crippen molar-refractivity contribution in [2.24, 2.45) is 0 Å². The molecule has 0 radical (unpaired) electrons. The lowest BCUT2D eigenvalue weighted by Gasteiger charge is -2.08. The van der Waals surface area contributed by atoms with Gasteiger partial charge >= 0.3 is 0 Å². The van der Waals surface area contributed by atoms with Crippen LogP contribution in [0.4, 0.5) is 10.1 Å². The maximum absolute atomic E-state index is 13.3. The Morgan fingerprint density at radius 3 is 2.88 bits per heavy atom. The van der Waals surface area contributed by atoms with Gasteiger partial charge in [0.25, 0.3) is 0 Å². The molecule has 0 unspecified atom stereocenters. The molecule has 0 aliphatic heterocycles. The van der Waals surface area contributed by atoms with Gasteiger partial charge in [0.05, 0.1) is 5.69 Å². The second-order valence-electron chi connectivity index (χ2n) is 4.05. The minimum Gasteiger partial charge on any atom is -0.383 e. The van der Waals surface area contributed by atoms with E-state index in [2.05, 4.69) is 11.9 Å². The van der Waals surface area contributed by atoms with Gasteiger partial charge in [-0.2, -0.15) is 0 Å². The van der Waals surface area contributed by atoms with Crippen molar-refractivity contribution in [1.29, 1.82) is 0 Å². The number of rotatable bonds is 7. The summed E-state index contributed by atoms with van der Waals surface area (Å²) in [7, 11) is 0. The number of benzene rings is 1. The summed E-state index contributed by atoms with van der Waals surface area (Å²) < 4.78 is 13.3. The Balaban J connectivity index is 2.26. The van der Waals surface area contributed by atoms with Crippen LogP contribution in [-0.2, 0) is 0 Å². The van der Waals surface area contributed by atoms with Crippen LogP contribution in [0.1, 0.15) is 31.2 Å². The highest BCUT2D eigenvalue weighted by atomic mass is 19.1. The van der Waals surface area contributed by atoms with Gasteiger partial charge in [0.15, 0.2) is 0 Å². The number of aryl methyl sites for hydroxylation is 1. The molecule has 0 atom stereocenters. The van der Waals surface area contributed by atoms with Gasteiger partial charge in [-0.1, -0.05) is 18.6 Å². The normalized spacial score (nSPS) is 10.1. The maximum Gasteiger partial charge on any atom is 0.146 e. The molecule has 0 saturated carbocycles. The Morgan fingerprint density at radius 1 is 1.31 bits per heavy atom. The Morgan fingerprint density at radius 2 is 2.12 bits per heavy atom. The number of unbranched alkanes of at least 4 members (excludes halogenated alkanes) is 3. The number of allylic oxidation sites excluding steroid dienone is 1. The van der Waals surface area contributed by atoms with E-state index in [9.17, 15) is 4.39 Å². The van der Waals surface area contributed by atoms with Crippen molar-refractivity contribution in [2.75, 3.05) is 11.9 Å². The number of hydrogen-bond donors (Lipinski definition) is 1. The van der Waals surface area contributed by atoms with Crippen LogP contribution in [-0.4, -0.2) is 6.54 Å². The Bertz CT molecular complexity index is 334. The third kappa shape index (κ3) is 4.47. The third-order valence-corrected chi connectivity index (χ3v) is 2.52. The lowest BCUT2D eigenvalue weighted by atomic mass is 10.2. The lowest BCUT2D eigenvalue weighted by molar-refractivity contribution is 0.627. The summed E-state index contributed by atoms with van der Waals surface area (Å²) in [4.78, 5) is 0. The first-order chi connectivity index (χ1) is 7.74. The molecule has 0 aliphatic carbocycles. The molecule has 88 valence electrons. The SMILES string of the molecule is C=CCCCCCNc1cc(C)ccc1F. The van der Waals surface area contributed by atoms with Crippen molar-refractivity contribution in [2.45, 2.75) is 32.6 Å². The highest BCUT2D eigenvalue weighted by Gasteiger charge is 2.00. The van der Waals surface area contributed by atoms with Crippen molar-refractivity contribution in [3.8, 4) is 0 Å². The zero-order chi connectivity index (χ0) is 11.8. The van der Waals surface area contributed by atoms with Crippen LogP contribution >= 0.6 is 0 Å². The summed E-state index contributed by atoms with van der Waals surface area (Å²) in [5, 5.41) is 3.13. The Hall–Kier alpha value is -1.31. The maximum atomic E-state index is 13.3. The monoisotopic (exact) mass is 221 g/mol. The Kier molecular flexibility index (Phi) is 5.62. The molecule has 2 heteroatoms. The van der Waals surface area contributed by atoms with Crippen LogP contribution in [0.2, 0.25) is 0 Å². The largest absolute Gasteiger partial charge is 0.383 e. The molecule has 1 N–H and O–H groups in total. The van der Waals surface area contributed by atoms with Gasteiger partial charge in [0.2, 0.25) is 0 Å². The summed E-state index contributed by atoms with van der Waals surface area (Å²) in [6.45, 7) is 6.48. The van der Waals surface area contributed by atoms with E-state index in [0.29, 0.717) is 5.69 Å². The van der Waals surface area contributed by atoms with Crippen molar-refractivity contribution >= 4 is 5.69 Å². The fourth-order valence-corrected chi connectivity index (χ4v) is 1.59. The van der Waals surface area contributed by atoms with Gasteiger partial charge in [-0.3, -0.25) is 0 Å². The zero-order valence-electron chi connectivity index (χ0n) is 9.93. The summed E-state index contributed by atoms with van der Waals surface area (Å²) in [6.07, 6.45) is 6.40. The summed E-state index contributed by atoms with van der Waals surface area (Å²) in [5.74, 6) is -0.170. The van der Waals surface area contributed by atoms with Gasteiger partial charge in [-0.05, 0) is 43.9 Å². The molecule has 1 aromatic rings. The van der Waals surface area contributed by atoms with E-state index in [4.69, 9.17) is 0 Å². The van der Waals surface area contributed by atoms with Crippen molar-refractivity contribution in [3.05, 3.63) is 42.2 Å². The first-order valence-corrected chi connectivity index (χ1v) is 5.85. The van der Waals surface area contributed by atoms with Crippen LogP contribution in [0.3, 0.4) is 0 Å². The van der Waals surface area contributed by atoms with Crippen LogP contribution < -0.4 is 5.32 Å². The van der Waals surface area contributed by atoms with Gasteiger partial charge in [0, 0.05) is 6.54 Å². The fourth-order valence-electron chi connectivity index (χ4n) is 1.59. The van der Waals surface area contributed by atoms with E-state index >= 15 is 0 Å². The Labute approximate surface area is 97.4 Å². The van der Waals surface area contributed by atoms with Crippen LogP contribution in [0.25, 0.3) is 0 Å². The summed E-state index contributed by atoms with van der Waals surface area (Å²) in [5.41, 5.74) is 1.69. The van der Waals surface area contributed by atoms with E-state index < -0.39 is 0 Å². The second-order valence-corrected chi connectivity index (χ2v) is 4.05. The fraction of sp³-hybridized carbons (Fsp3) is 0.429. The first-order valence-electron chi connectivity index (χ1n) is 5.85. The average molecular weight is 221 g/mol. The van der Waals surface area contributed by atoms with Crippen LogP contribution in [0.5, 0.6) is 0 Å². The van der Waals surface area contributed by atoms with Crippen LogP contribution in [0, 0.1) is 12.7 Å². The quantitative estimate of drug-likeness (QED) is 0.535. The summed E-state index contributed by atoms with van der Waals surface area (Å²) in [6, 6.07) is 5.14. The summed E-state index contributed by atoms with van der Waals surface area (Å²) >= 11 is 0.